The number of carbonyl (C=O) groups excluding carboxylic acids is 1. The zero-order valence-corrected chi connectivity index (χ0v) is 13.5. The molecule has 126 valence electrons. The van der Waals surface area contributed by atoms with Gasteiger partial charge in [-0.25, -0.2) is 9.97 Å². The maximum atomic E-state index is 12.3. The first kappa shape index (κ1) is 16.4. The van der Waals surface area contributed by atoms with Crippen LogP contribution in [0.5, 0.6) is 0 Å². The van der Waals surface area contributed by atoms with E-state index in [0.29, 0.717) is 23.6 Å². The Labute approximate surface area is 141 Å². The van der Waals surface area contributed by atoms with Crippen LogP contribution in [-0.4, -0.2) is 33.1 Å². The summed E-state index contributed by atoms with van der Waals surface area (Å²) >= 11 is 0. The maximum Gasteiger partial charge on any atom is 0.251 e. The van der Waals surface area contributed by atoms with Crippen LogP contribution < -0.4 is 11.1 Å². The van der Waals surface area contributed by atoms with Crippen LogP contribution in [0.3, 0.4) is 0 Å². The number of amides is 1. The molecule has 4 N–H and O–H groups in total. The van der Waals surface area contributed by atoms with Gasteiger partial charge in [0.2, 0.25) is 0 Å². The first-order valence-corrected chi connectivity index (χ1v) is 8.24. The third-order valence-corrected chi connectivity index (χ3v) is 4.49. The van der Waals surface area contributed by atoms with Crippen LogP contribution in [0.1, 0.15) is 42.5 Å². The van der Waals surface area contributed by atoms with E-state index in [9.17, 15) is 9.90 Å². The van der Waals surface area contributed by atoms with E-state index in [1.165, 1.54) is 6.33 Å². The van der Waals surface area contributed by atoms with Gasteiger partial charge in [-0.3, -0.25) is 4.79 Å². The number of rotatable bonds is 4. The number of nitrogens with one attached hydrogen (secondary N) is 1. The summed E-state index contributed by atoms with van der Waals surface area (Å²) in [6.45, 7) is 0.302. The van der Waals surface area contributed by atoms with Gasteiger partial charge in [0.1, 0.15) is 12.1 Å². The lowest BCUT2D eigenvalue weighted by atomic mass is 9.85. The Bertz CT molecular complexity index is 709. The van der Waals surface area contributed by atoms with E-state index in [4.69, 9.17) is 5.73 Å². The molecule has 1 heterocycles. The van der Waals surface area contributed by atoms with E-state index < -0.39 is 5.60 Å². The molecule has 0 aliphatic heterocycles. The molecule has 1 amide bonds. The quantitative estimate of drug-likeness (QED) is 0.799. The topological polar surface area (TPSA) is 101 Å². The molecule has 1 aromatic carbocycles. The average molecular weight is 326 g/mol. The summed E-state index contributed by atoms with van der Waals surface area (Å²) in [5.41, 5.74) is 7.04. The summed E-state index contributed by atoms with van der Waals surface area (Å²) in [6.07, 6.45) is 6.11. The fourth-order valence-corrected chi connectivity index (χ4v) is 3.06. The number of anilines is 1. The Morgan fingerprint density at radius 1 is 1.17 bits per heavy atom. The molecule has 1 aromatic heterocycles. The Kier molecular flexibility index (Phi) is 4.76. The van der Waals surface area contributed by atoms with Crippen LogP contribution in [0.4, 0.5) is 5.82 Å². The first-order chi connectivity index (χ1) is 11.6. The molecule has 0 spiro atoms. The fourth-order valence-electron chi connectivity index (χ4n) is 3.06. The third-order valence-electron chi connectivity index (χ3n) is 4.49. The largest absolute Gasteiger partial charge is 0.388 e. The van der Waals surface area contributed by atoms with Crippen molar-refractivity contribution in [3.63, 3.8) is 0 Å². The lowest BCUT2D eigenvalue weighted by molar-refractivity contribution is 0.00526. The molecular formula is C18H22N4O2. The molecule has 6 heteroatoms. The van der Waals surface area contributed by atoms with Crippen molar-refractivity contribution in [3.8, 4) is 11.3 Å². The number of carbonyl (C=O) groups is 1. The van der Waals surface area contributed by atoms with Crippen LogP contribution in [0, 0.1) is 0 Å². The van der Waals surface area contributed by atoms with Crippen molar-refractivity contribution < 1.29 is 9.90 Å². The van der Waals surface area contributed by atoms with Crippen LogP contribution in [0.2, 0.25) is 0 Å². The SMILES string of the molecule is Nc1cc(-c2ccc(C(=O)NCC3(O)CCCCC3)cc2)ncn1. The normalized spacial score (nSPS) is 16.5. The van der Waals surface area contributed by atoms with Gasteiger partial charge < -0.3 is 16.2 Å². The summed E-state index contributed by atoms with van der Waals surface area (Å²) < 4.78 is 0. The van der Waals surface area contributed by atoms with E-state index >= 15 is 0 Å². The Balaban J connectivity index is 1.63. The minimum atomic E-state index is -0.758. The molecule has 1 fully saturated rings. The number of nitrogens with zero attached hydrogens (tertiary/aromatic N) is 2. The minimum absolute atomic E-state index is 0.178. The minimum Gasteiger partial charge on any atom is -0.388 e. The Morgan fingerprint density at radius 2 is 1.88 bits per heavy atom. The summed E-state index contributed by atoms with van der Waals surface area (Å²) in [4.78, 5) is 20.3. The van der Waals surface area contributed by atoms with Gasteiger partial charge in [0.15, 0.2) is 0 Å². The zero-order chi connectivity index (χ0) is 17.0. The summed E-state index contributed by atoms with van der Waals surface area (Å²) in [5.74, 6) is 0.227. The highest BCUT2D eigenvalue weighted by atomic mass is 16.3. The second kappa shape index (κ2) is 6.97. The second-order valence-corrected chi connectivity index (χ2v) is 6.37. The number of benzene rings is 1. The van der Waals surface area contributed by atoms with E-state index in [-0.39, 0.29) is 5.91 Å². The Morgan fingerprint density at radius 3 is 2.54 bits per heavy atom. The molecule has 6 nitrogen and oxygen atoms in total. The van der Waals surface area contributed by atoms with Crippen molar-refractivity contribution in [1.29, 1.82) is 0 Å². The number of nitrogen functional groups attached to an aromatic ring is 1. The summed E-state index contributed by atoms with van der Waals surface area (Å²) in [7, 11) is 0. The molecular weight excluding hydrogens is 304 g/mol. The molecule has 0 radical (unpaired) electrons. The molecule has 1 aliphatic rings. The van der Waals surface area contributed by atoms with E-state index in [1.54, 1.807) is 18.2 Å². The number of aromatic nitrogens is 2. The van der Waals surface area contributed by atoms with Crippen molar-refractivity contribution in [3.05, 3.63) is 42.2 Å². The number of hydrogen-bond acceptors (Lipinski definition) is 5. The van der Waals surface area contributed by atoms with Gasteiger partial charge in [-0.1, -0.05) is 31.4 Å². The molecule has 2 aromatic rings. The predicted molar refractivity (Wildman–Crippen MR) is 92.2 cm³/mol. The lowest BCUT2D eigenvalue weighted by Crippen LogP contribution is -2.44. The van der Waals surface area contributed by atoms with Crippen LogP contribution in [0.15, 0.2) is 36.7 Å². The molecule has 0 bridgehead atoms. The van der Waals surface area contributed by atoms with Gasteiger partial charge in [-0.15, -0.1) is 0 Å². The smallest absolute Gasteiger partial charge is 0.251 e. The molecule has 0 atom stereocenters. The number of aliphatic hydroxyl groups is 1. The second-order valence-electron chi connectivity index (χ2n) is 6.37. The predicted octanol–water partition coefficient (Wildman–Crippen LogP) is 2.15. The molecule has 3 rings (SSSR count). The van der Waals surface area contributed by atoms with Gasteiger partial charge in [0, 0.05) is 23.7 Å². The highest BCUT2D eigenvalue weighted by Crippen LogP contribution is 2.27. The monoisotopic (exact) mass is 326 g/mol. The summed E-state index contributed by atoms with van der Waals surface area (Å²) in [5, 5.41) is 13.3. The van der Waals surface area contributed by atoms with Crippen LogP contribution in [0.25, 0.3) is 11.3 Å². The lowest BCUT2D eigenvalue weighted by Gasteiger charge is -2.32. The molecule has 0 saturated heterocycles. The van der Waals surface area contributed by atoms with Crippen molar-refractivity contribution in [2.45, 2.75) is 37.7 Å². The highest BCUT2D eigenvalue weighted by Gasteiger charge is 2.29. The highest BCUT2D eigenvalue weighted by molar-refractivity contribution is 5.94. The molecule has 1 saturated carbocycles. The van der Waals surface area contributed by atoms with Crippen molar-refractivity contribution in [2.24, 2.45) is 0 Å². The van der Waals surface area contributed by atoms with Gasteiger partial charge >= 0.3 is 0 Å². The fraction of sp³-hybridized carbons (Fsp3) is 0.389. The van der Waals surface area contributed by atoms with Gasteiger partial charge in [-0.05, 0) is 25.0 Å². The zero-order valence-electron chi connectivity index (χ0n) is 13.5. The van der Waals surface area contributed by atoms with Gasteiger partial charge in [0.25, 0.3) is 5.91 Å². The van der Waals surface area contributed by atoms with Gasteiger partial charge in [0.05, 0.1) is 11.3 Å². The van der Waals surface area contributed by atoms with Crippen molar-refractivity contribution in [1.82, 2.24) is 15.3 Å². The Hall–Kier alpha value is -2.47. The maximum absolute atomic E-state index is 12.3. The average Bonchev–Trinajstić information content (AvgIpc) is 2.61. The van der Waals surface area contributed by atoms with Crippen LogP contribution >= 0.6 is 0 Å². The van der Waals surface area contributed by atoms with E-state index in [2.05, 4.69) is 15.3 Å². The van der Waals surface area contributed by atoms with E-state index in [0.717, 1.165) is 37.7 Å². The van der Waals surface area contributed by atoms with Gasteiger partial charge in [-0.2, -0.15) is 0 Å². The molecule has 24 heavy (non-hydrogen) atoms. The summed E-state index contributed by atoms with van der Waals surface area (Å²) in [6, 6.07) is 8.83. The third kappa shape index (κ3) is 3.89. The first-order valence-electron chi connectivity index (χ1n) is 8.24. The number of nitrogens with two attached hydrogens (primary N) is 1. The van der Waals surface area contributed by atoms with Crippen LogP contribution in [-0.2, 0) is 0 Å². The number of hydrogen-bond donors (Lipinski definition) is 3. The van der Waals surface area contributed by atoms with Crippen molar-refractivity contribution in [2.75, 3.05) is 12.3 Å². The molecule has 1 aliphatic carbocycles. The molecule has 0 unspecified atom stereocenters. The standard InChI is InChI=1S/C18H22N4O2/c19-16-10-15(21-12-22-16)13-4-6-14(7-5-13)17(23)20-11-18(24)8-2-1-3-9-18/h4-7,10,12,24H,1-3,8-9,11H2,(H,20,23)(H2,19,21,22). The van der Waals surface area contributed by atoms with Crippen molar-refractivity contribution >= 4 is 11.7 Å². The van der Waals surface area contributed by atoms with E-state index in [1.807, 2.05) is 12.1 Å².